The molecule has 3 aromatic carbocycles. The molecule has 0 bridgehead atoms. The number of hydrogen-bond donors (Lipinski definition) is 1. The number of aromatic nitrogens is 1. The molecular weight excluding hydrogens is 641 g/mol. The van der Waals surface area contributed by atoms with Crippen LogP contribution in [0, 0.1) is 17.8 Å². The molecule has 12 heteroatoms. The number of carbonyl (C=O) groups excluding carboxylic acids is 4. The number of benzene rings is 3. The van der Waals surface area contributed by atoms with Gasteiger partial charge in [-0.15, -0.1) is 13.2 Å². The number of carbonyl (C=O) groups is 4. The third-order valence-electron chi connectivity index (χ3n) is 9.77. The summed E-state index contributed by atoms with van der Waals surface area (Å²) in [4.78, 5) is 60.7. The van der Waals surface area contributed by atoms with Crippen LogP contribution in [-0.4, -0.2) is 39.8 Å². The van der Waals surface area contributed by atoms with Crippen LogP contribution in [0.25, 0.3) is 22.6 Å². The van der Waals surface area contributed by atoms with E-state index in [0.29, 0.717) is 33.8 Å². The lowest BCUT2D eigenvalue weighted by Gasteiger charge is -2.42. The summed E-state index contributed by atoms with van der Waals surface area (Å²) in [7, 11) is 0. The van der Waals surface area contributed by atoms with Gasteiger partial charge in [0.1, 0.15) is 17.0 Å². The fraction of sp³-hybridized carbons (Fsp3) is 0.216. The summed E-state index contributed by atoms with van der Waals surface area (Å²) in [6.45, 7) is 1.49. The molecule has 2 heterocycles. The number of phenolic OH excluding ortho intramolecular Hbond substituents is 1. The second-order valence-corrected chi connectivity index (χ2v) is 12.5. The number of imide groups is 1. The molecule has 1 aliphatic heterocycles. The number of allylic oxidation sites excluding steroid dienone is 6. The first-order valence-electron chi connectivity index (χ1n) is 15.5. The lowest BCUT2D eigenvalue weighted by molar-refractivity contribution is -0.274. The lowest BCUT2D eigenvalue weighted by Crippen LogP contribution is -2.39. The molecule has 1 N–H and O–H groups in total. The van der Waals surface area contributed by atoms with Crippen molar-refractivity contribution in [2.75, 3.05) is 4.90 Å². The van der Waals surface area contributed by atoms with Gasteiger partial charge in [-0.05, 0) is 86.4 Å². The summed E-state index contributed by atoms with van der Waals surface area (Å²) in [5.74, 6) is -6.17. The third-order valence-corrected chi connectivity index (χ3v) is 9.77. The zero-order chi connectivity index (χ0) is 34.4. The van der Waals surface area contributed by atoms with Crippen molar-refractivity contribution in [2.45, 2.75) is 32.0 Å². The largest absolute Gasteiger partial charge is 0.573 e. The number of halogens is 3. The number of aromatic hydroxyl groups is 1. The van der Waals surface area contributed by atoms with Gasteiger partial charge in [-0.2, -0.15) is 0 Å². The molecule has 8 rings (SSSR count). The molecule has 1 saturated heterocycles. The zero-order valence-corrected chi connectivity index (χ0v) is 25.7. The molecule has 9 nitrogen and oxygen atoms in total. The third kappa shape index (κ3) is 4.89. The van der Waals surface area contributed by atoms with Gasteiger partial charge in [0, 0.05) is 33.8 Å². The number of ketones is 2. The monoisotopic (exact) mass is 666 g/mol. The fourth-order valence-corrected chi connectivity index (χ4v) is 7.70. The van der Waals surface area contributed by atoms with E-state index in [9.17, 15) is 37.5 Å². The van der Waals surface area contributed by atoms with Gasteiger partial charge in [-0.3, -0.25) is 24.1 Å². The van der Waals surface area contributed by atoms with Crippen LogP contribution in [-0.2, 0) is 19.2 Å². The molecule has 1 aromatic heterocycles. The number of phenols is 1. The van der Waals surface area contributed by atoms with Gasteiger partial charge in [-0.1, -0.05) is 23.8 Å². The maximum atomic E-state index is 14.2. The van der Waals surface area contributed by atoms with Crippen molar-refractivity contribution in [1.29, 1.82) is 0 Å². The predicted molar refractivity (Wildman–Crippen MR) is 168 cm³/mol. The average Bonchev–Trinajstić information content (AvgIpc) is 3.61. The van der Waals surface area contributed by atoms with Crippen LogP contribution in [0.2, 0.25) is 0 Å². The van der Waals surface area contributed by atoms with Gasteiger partial charge in [0.15, 0.2) is 17.1 Å². The SMILES string of the molecule is CC1=CC(=O)C2=C(C[C@@H]3C(=CC[C@@H]4C(=O)N(c5ccc(-c6nc7ccccc7o6)cc5)C(=O)[C@@H]43)[C@@H]2c2cc(OC(F)(F)F)ccc2O)C1=O. The van der Waals surface area contributed by atoms with Crippen LogP contribution in [0.5, 0.6) is 11.5 Å². The van der Waals surface area contributed by atoms with E-state index in [4.69, 9.17) is 4.42 Å². The Kier molecular flexibility index (Phi) is 6.78. The predicted octanol–water partition coefficient (Wildman–Crippen LogP) is 6.73. The van der Waals surface area contributed by atoms with Gasteiger partial charge < -0.3 is 14.3 Å². The van der Waals surface area contributed by atoms with Crippen molar-refractivity contribution >= 4 is 40.2 Å². The summed E-state index contributed by atoms with van der Waals surface area (Å²) < 4.78 is 49.5. The second kappa shape index (κ2) is 10.9. The summed E-state index contributed by atoms with van der Waals surface area (Å²) in [5, 5.41) is 10.9. The highest BCUT2D eigenvalue weighted by Gasteiger charge is 2.57. The minimum absolute atomic E-state index is 0.0272. The average molecular weight is 667 g/mol. The number of oxazole rings is 1. The molecular formula is C37H25F3N2O7. The van der Waals surface area contributed by atoms with E-state index in [-0.39, 0.29) is 35.1 Å². The normalized spacial score (nSPS) is 23.7. The van der Waals surface area contributed by atoms with E-state index in [1.54, 1.807) is 36.4 Å². The zero-order valence-electron chi connectivity index (χ0n) is 25.7. The van der Waals surface area contributed by atoms with Crippen LogP contribution >= 0.6 is 0 Å². The summed E-state index contributed by atoms with van der Waals surface area (Å²) in [6, 6.07) is 16.9. The molecule has 4 aromatic rings. The summed E-state index contributed by atoms with van der Waals surface area (Å²) in [6.07, 6.45) is -2.07. The first-order valence-corrected chi connectivity index (χ1v) is 15.5. The highest BCUT2D eigenvalue weighted by Crippen LogP contribution is 2.56. The van der Waals surface area contributed by atoms with E-state index in [1.165, 1.54) is 13.0 Å². The summed E-state index contributed by atoms with van der Waals surface area (Å²) >= 11 is 0. The molecule has 246 valence electrons. The van der Waals surface area contributed by atoms with Gasteiger partial charge in [0.05, 0.1) is 17.5 Å². The van der Waals surface area contributed by atoms with Gasteiger partial charge in [-0.25, -0.2) is 4.98 Å². The number of ether oxygens (including phenoxy) is 1. The van der Waals surface area contributed by atoms with Crippen LogP contribution in [0.3, 0.4) is 0 Å². The van der Waals surface area contributed by atoms with Crippen molar-refractivity contribution in [1.82, 2.24) is 4.98 Å². The van der Waals surface area contributed by atoms with Crippen molar-refractivity contribution in [3.8, 4) is 23.0 Å². The first-order chi connectivity index (χ1) is 23.4. The molecule has 0 radical (unpaired) electrons. The second-order valence-electron chi connectivity index (χ2n) is 12.5. The lowest BCUT2D eigenvalue weighted by atomic mass is 9.59. The van der Waals surface area contributed by atoms with E-state index in [2.05, 4.69) is 9.72 Å². The van der Waals surface area contributed by atoms with Crippen LogP contribution in [0.1, 0.15) is 31.2 Å². The number of rotatable bonds is 4. The van der Waals surface area contributed by atoms with Crippen LogP contribution < -0.4 is 9.64 Å². The molecule has 49 heavy (non-hydrogen) atoms. The maximum absolute atomic E-state index is 14.2. The Hall–Kier alpha value is -5.78. The van der Waals surface area contributed by atoms with Crippen LogP contribution in [0.15, 0.2) is 106 Å². The van der Waals surface area contributed by atoms with Crippen LogP contribution in [0.4, 0.5) is 18.9 Å². The highest BCUT2D eigenvalue weighted by atomic mass is 19.4. The van der Waals surface area contributed by atoms with E-state index in [0.717, 1.165) is 23.1 Å². The molecule has 1 fully saturated rings. The van der Waals surface area contributed by atoms with Gasteiger partial charge in [0.2, 0.25) is 17.7 Å². The highest BCUT2D eigenvalue weighted by molar-refractivity contribution is 6.25. The first kappa shape index (κ1) is 30.5. The quantitative estimate of drug-likeness (QED) is 0.144. The molecule has 2 amide bonds. The number of para-hydroxylation sites is 2. The number of fused-ring (bicyclic) bond motifs is 4. The summed E-state index contributed by atoms with van der Waals surface area (Å²) in [5.41, 5.74) is 2.96. The minimum Gasteiger partial charge on any atom is -0.508 e. The smallest absolute Gasteiger partial charge is 0.508 e. The van der Waals surface area contributed by atoms with Crippen molar-refractivity contribution in [2.24, 2.45) is 17.8 Å². The molecule has 0 spiro atoms. The molecule has 0 saturated carbocycles. The van der Waals surface area contributed by atoms with E-state index < -0.39 is 64.9 Å². The molecule has 3 aliphatic carbocycles. The molecule has 4 aliphatic rings. The minimum atomic E-state index is -5.03. The van der Waals surface area contributed by atoms with Gasteiger partial charge >= 0.3 is 6.36 Å². The fourth-order valence-electron chi connectivity index (χ4n) is 7.70. The Balaban J connectivity index is 1.17. The topological polar surface area (TPSA) is 127 Å². The van der Waals surface area contributed by atoms with Gasteiger partial charge in [0.25, 0.3) is 0 Å². The van der Waals surface area contributed by atoms with E-state index >= 15 is 0 Å². The molecule has 0 unspecified atom stereocenters. The maximum Gasteiger partial charge on any atom is 0.573 e. The van der Waals surface area contributed by atoms with Crippen molar-refractivity contribution in [3.63, 3.8) is 0 Å². The molecule has 4 atom stereocenters. The number of anilines is 1. The number of amides is 2. The Morgan fingerprint density at radius 1 is 0.959 bits per heavy atom. The number of nitrogens with zero attached hydrogens (tertiary/aromatic N) is 2. The van der Waals surface area contributed by atoms with Crippen molar-refractivity contribution < 1.29 is 46.6 Å². The van der Waals surface area contributed by atoms with E-state index in [1.807, 2.05) is 18.2 Å². The number of Topliss-reactive ketones (excluding diaryl/α,β-unsaturated/α-hetero) is 1. The van der Waals surface area contributed by atoms with Crippen molar-refractivity contribution in [3.05, 3.63) is 107 Å². The Morgan fingerprint density at radius 2 is 1.71 bits per heavy atom. The Bertz CT molecular complexity index is 2190. The number of alkyl halides is 3. The Labute approximate surface area is 276 Å². The Morgan fingerprint density at radius 3 is 2.45 bits per heavy atom. The number of hydrogen-bond acceptors (Lipinski definition) is 8. The standard InChI is InChI=1S/C37H25F3N2O7/c1-17-14-28(44)32-25(33(17)45)16-23-21(30(32)24-15-20(10-13-27(24)43)49-37(38,39)40)11-12-22-31(23)36(47)42(35(22)46)19-8-6-18(7-9-19)34-41-26-4-2-3-5-29(26)48-34/h2-11,13-15,22-23,30-31,43H,12,16H2,1H3/t22-,23+,30+,31-/m0/s1.